The molecule has 0 unspecified atom stereocenters. The molecule has 5 heteroatoms. The lowest BCUT2D eigenvalue weighted by molar-refractivity contribution is 0.0737. The predicted molar refractivity (Wildman–Crippen MR) is 84.1 cm³/mol. The number of ether oxygens (including phenoxy) is 2. The Bertz CT molecular complexity index is 829. The Balaban J connectivity index is 1.95. The van der Waals surface area contributed by atoms with Crippen molar-refractivity contribution in [2.45, 2.75) is 0 Å². The van der Waals surface area contributed by atoms with Gasteiger partial charge in [-0.3, -0.25) is 4.98 Å². The van der Waals surface area contributed by atoms with Gasteiger partial charge in [0.05, 0.1) is 18.2 Å². The van der Waals surface area contributed by atoms with E-state index >= 15 is 0 Å². The average Bonchev–Trinajstić information content (AvgIpc) is 2.55. The number of pyridine rings is 1. The summed E-state index contributed by atoms with van der Waals surface area (Å²) in [7, 11) is 1.58. The number of nitrogens with zero attached hydrogens (tertiary/aromatic N) is 1. The highest BCUT2D eigenvalue weighted by molar-refractivity contribution is 6.04. The van der Waals surface area contributed by atoms with Crippen LogP contribution in [-0.4, -0.2) is 18.1 Å². The maximum atomic E-state index is 12.4. The van der Waals surface area contributed by atoms with Gasteiger partial charge in [-0.15, -0.1) is 0 Å². The smallest absolute Gasteiger partial charge is 0.344 e. The summed E-state index contributed by atoms with van der Waals surface area (Å²) in [4.78, 5) is 16.6. The molecule has 0 radical (unpaired) electrons. The molecule has 0 bridgehead atoms. The Morgan fingerprint density at radius 3 is 2.50 bits per heavy atom. The van der Waals surface area contributed by atoms with Gasteiger partial charge in [0.25, 0.3) is 0 Å². The zero-order valence-electron chi connectivity index (χ0n) is 11.9. The summed E-state index contributed by atoms with van der Waals surface area (Å²) in [6.45, 7) is 0. The molecule has 0 saturated carbocycles. The van der Waals surface area contributed by atoms with E-state index in [1.807, 2.05) is 0 Å². The Morgan fingerprint density at radius 2 is 1.77 bits per heavy atom. The van der Waals surface area contributed by atoms with Crippen molar-refractivity contribution in [3.8, 4) is 11.5 Å². The number of aromatic nitrogens is 1. The fourth-order valence-electron chi connectivity index (χ4n) is 2.13. The number of carbonyl (C=O) groups excluding carboxylic acids is 1. The highest BCUT2D eigenvalue weighted by atomic mass is 16.5. The van der Waals surface area contributed by atoms with Gasteiger partial charge >= 0.3 is 5.97 Å². The zero-order chi connectivity index (χ0) is 15.5. The van der Waals surface area contributed by atoms with Gasteiger partial charge < -0.3 is 15.2 Å². The van der Waals surface area contributed by atoms with Crippen LogP contribution in [0, 0.1) is 0 Å². The Hall–Kier alpha value is -3.08. The molecule has 22 heavy (non-hydrogen) atoms. The second-order valence-electron chi connectivity index (χ2n) is 4.70. The van der Waals surface area contributed by atoms with Crippen molar-refractivity contribution in [2.75, 3.05) is 12.8 Å². The number of carbonyl (C=O) groups is 1. The number of hydrogen-bond donors (Lipinski definition) is 1. The standard InChI is InChI=1S/C17H14N2O3/c1-21-13-6-7-14-15(8-9-19-16(14)10-13)17(20)22-12-4-2-11(18)3-5-12/h2-10H,18H2,1H3. The molecule has 0 spiro atoms. The second-order valence-corrected chi connectivity index (χ2v) is 4.70. The molecule has 110 valence electrons. The lowest BCUT2D eigenvalue weighted by Gasteiger charge is -2.08. The number of rotatable bonds is 3. The normalized spacial score (nSPS) is 10.4. The Labute approximate surface area is 127 Å². The molecule has 1 aromatic heterocycles. The minimum Gasteiger partial charge on any atom is -0.497 e. The predicted octanol–water partition coefficient (Wildman–Crippen LogP) is 3.04. The molecule has 5 nitrogen and oxygen atoms in total. The SMILES string of the molecule is COc1ccc2c(C(=O)Oc3ccc(N)cc3)ccnc2c1. The van der Waals surface area contributed by atoms with Gasteiger partial charge in [-0.05, 0) is 42.5 Å². The molecular formula is C17H14N2O3. The van der Waals surface area contributed by atoms with E-state index in [4.69, 9.17) is 15.2 Å². The van der Waals surface area contributed by atoms with Crippen LogP contribution in [0.15, 0.2) is 54.7 Å². The summed E-state index contributed by atoms with van der Waals surface area (Å²) >= 11 is 0. The number of anilines is 1. The molecule has 0 atom stereocenters. The fraction of sp³-hybridized carbons (Fsp3) is 0.0588. The van der Waals surface area contributed by atoms with E-state index in [0.717, 1.165) is 0 Å². The lowest BCUT2D eigenvalue weighted by atomic mass is 10.1. The van der Waals surface area contributed by atoms with Crippen LogP contribution in [0.25, 0.3) is 10.9 Å². The van der Waals surface area contributed by atoms with Crippen LogP contribution in [0.1, 0.15) is 10.4 Å². The van der Waals surface area contributed by atoms with Gasteiger partial charge in [0.1, 0.15) is 11.5 Å². The summed E-state index contributed by atoms with van der Waals surface area (Å²) in [5.74, 6) is 0.684. The molecule has 3 aromatic rings. The highest BCUT2D eigenvalue weighted by Crippen LogP contribution is 2.23. The summed E-state index contributed by atoms with van der Waals surface area (Å²) in [5.41, 5.74) is 7.34. The maximum absolute atomic E-state index is 12.4. The molecule has 1 heterocycles. The highest BCUT2D eigenvalue weighted by Gasteiger charge is 2.13. The number of nitrogens with two attached hydrogens (primary N) is 1. The average molecular weight is 294 g/mol. The molecule has 0 aliphatic carbocycles. The molecule has 0 fully saturated rings. The molecule has 2 aromatic carbocycles. The number of esters is 1. The number of nitrogen functional groups attached to an aromatic ring is 1. The van der Waals surface area contributed by atoms with E-state index in [1.165, 1.54) is 0 Å². The summed E-state index contributed by atoms with van der Waals surface area (Å²) < 4.78 is 10.5. The van der Waals surface area contributed by atoms with Gasteiger partial charge in [0.2, 0.25) is 0 Å². The summed E-state index contributed by atoms with van der Waals surface area (Å²) in [5, 5.41) is 0.712. The first-order valence-corrected chi connectivity index (χ1v) is 6.68. The summed E-state index contributed by atoms with van der Waals surface area (Å²) in [6.07, 6.45) is 1.57. The maximum Gasteiger partial charge on any atom is 0.344 e. The quantitative estimate of drug-likeness (QED) is 0.456. The van der Waals surface area contributed by atoms with Gasteiger partial charge in [0, 0.05) is 23.3 Å². The van der Waals surface area contributed by atoms with Crippen molar-refractivity contribution in [1.82, 2.24) is 4.98 Å². The van der Waals surface area contributed by atoms with E-state index in [1.54, 1.807) is 61.8 Å². The van der Waals surface area contributed by atoms with E-state index < -0.39 is 5.97 Å². The Morgan fingerprint density at radius 1 is 1.05 bits per heavy atom. The second kappa shape index (κ2) is 5.73. The molecule has 0 saturated heterocycles. The van der Waals surface area contributed by atoms with E-state index in [2.05, 4.69) is 4.98 Å². The van der Waals surface area contributed by atoms with Gasteiger partial charge in [-0.25, -0.2) is 4.79 Å². The third-order valence-corrected chi connectivity index (χ3v) is 3.26. The first-order valence-electron chi connectivity index (χ1n) is 6.68. The first kappa shape index (κ1) is 13.9. The van der Waals surface area contributed by atoms with Crippen molar-refractivity contribution in [2.24, 2.45) is 0 Å². The van der Waals surface area contributed by atoms with Crippen LogP contribution in [0.5, 0.6) is 11.5 Å². The number of benzene rings is 2. The van der Waals surface area contributed by atoms with E-state index in [0.29, 0.717) is 33.7 Å². The van der Waals surface area contributed by atoms with Crippen LogP contribution in [0.3, 0.4) is 0 Å². The molecule has 0 amide bonds. The minimum absolute atomic E-state index is 0.442. The molecule has 3 rings (SSSR count). The van der Waals surface area contributed by atoms with Gasteiger partial charge in [-0.2, -0.15) is 0 Å². The summed E-state index contributed by atoms with van der Waals surface area (Å²) in [6, 6.07) is 13.6. The molecular weight excluding hydrogens is 280 g/mol. The van der Waals surface area contributed by atoms with Crippen LogP contribution in [0.2, 0.25) is 0 Å². The lowest BCUT2D eigenvalue weighted by Crippen LogP contribution is -2.09. The van der Waals surface area contributed by atoms with Gasteiger partial charge in [0.15, 0.2) is 0 Å². The first-order chi connectivity index (χ1) is 10.7. The third kappa shape index (κ3) is 2.69. The van der Waals surface area contributed by atoms with E-state index in [9.17, 15) is 4.79 Å². The monoisotopic (exact) mass is 294 g/mol. The van der Waals surface area contributed by atoms with Crippen LogP contribution in [0.4, 0.5) is 5.69 Å². The van der Waals surface area contributed by atoms with Crippen molar-refractivity contribution in [3.63, 3.8) is 0 Å². The molecule has 2 N–H and O–H groups in total. The van der Waals surface area contributed by atoms with E-state index in [-0.39, 0.29) is 0 Å². The molecule has 0 aliphatic rings. The van der Waals surface area contributed by atoms with Crippen LogP contribution in [-0.2, 0) is 0 Å². The van der Waals surface area contributed by atoms with Crippen LogP contribution < -0.4 is 15.2 Å². The van der Waals surface area contributed by atoms with Crippen molar-refractivity contribution in [1.29, 1.82) is 0 Å². The zero-order valence-corrected chi connectivity index (χ0v) is 11.9. The van der Waals surface area contributed by atoms with Crippen molar-refractivity contribution in [3.05, 3.63) is 60.3 Å². The Kier molecular flexibility index (Phi) is 3.62. The molecule has 0 aliphatic heterocycles. The minimum atomic E-state index is -0.442. The van der Waals surface area contributed by atoms with Gasteiger partial charge in [-0.1, -0.05) is 0 Å². The van der Waals surface area contributed by atoms with Crippen LogP contribution >= 0.6 is 0 Å². The largest absolute Gasteiger partial charge is 0.497 e. The fourth-order valence-corrected chi connectivity index (χ4v) is 2.13. The van der Waals surface area contributed by atoms with Crippen molar-refractivity contribution >= 4 is 22.6 Å². The number of fused-ring (bicyclic) bond motifs is 1. The number of methoxy groups -OCH3 is 1. The number of hydrogen-bond acceptors (Lipinski definition) is 5. The van der Waals surface area contributed by atoms with Crippen molar-refractivity contribution < 1.29 is 14.3 Å². The topological polar surface area (TPSA) is 74.4 Å². The third-order valence-electron chi connectivity index (χ3n) is 3.26.